The number of rotatable bonds is 4. The zero-order chi connectivity index (χ0) is 15.5. The number of nitrogens with one attached hydrogen (secondary N) is 1. The quantitative estimate of drug-likeness (QED) is 0.860. The van der Waals surface area contributed by atoms with Crippen molar-refractivity contribution >= 4 is 21.8 Å². The van der Waals surface area contributed by atoms with Crippen LogP contribution in [0.2, 0.25) is 0 Å². The average Bonchev–Trinajstić information content (AvgIpc) is 2.48. The Hall–Kier alpha value is -1.07. The molecule has 0 aromatic heterocycles. The molecule has 2 aliphatic carbocycles. The van der Waals surface area contributed by atoms with E-state index in [9.17, 15) is 4.79 Å². The Morgan fingerprint density at radius 3 is 2.50 bits per heavy atom. The lowest BCUT2D eigenvalue weighted by atomic mass is 9.67. The smallest absolute Gasteiger partial charge is 0.258 e. The first-order valence-electron chi connectivity index (χ1n) is 8.05. The average molecular weight is 367 g/mol. The van der Waals surface area contributed by atoms with Gasteiger partial charge in [0.15, 0.2) is 6.61 Å². The Morgan fingerprint density at radius 2 is 1.86 bits per heavy atom. The van der Waals surface area contributed by atoms with E-state index in [-0.39, 0.29) is 18.6 Å². The maximum Gasteiger partial charge on any atom is 0.258 e. The lowest BCUT2D eigenvalue weighted by molar-refractivity contribution is -0.125. The molecule has 22 heavy (non-hydrogen) atoms. The molecular weight excluding hydrogens is 344 g/mol. The summed E-state index contributed by atoms with van der Waals surface area (Å²) in [6, 6.07) is 8.11. The lowest BCUT2D eigenvalue weighted by Gasteiger charge is -2.45. The molecule has 5 heteroatoms. The predicted molar refractivity (Wildman–Crippen MR) is 89.6 cm³/mol. The molecule has 3 rings (SSSR count). The highest BCUT2D eigenvalue weighted by molar-refractivity contribution is 9.10. The predicted octanol–water partition coefficient (Wildman–Crippen LogP) is 2.85. The molecule has 0 aliphatic heterocycles. The second-order valence-corrected chi connectivity index (χ2v) is 7.43. The topological polar surface area (TPSA) is 64.3 Å². The van der Waals surface area contributed by atoms with Crippen LogP contribution in [0.15, 0.2) is 28.7 Å². The highest BCUT2D eigenvalue weighted by atomic mass is 79.9. The van der Waals surface area contributed by atoms with Crippen LogP contribution in [0.4, 0.5) is 0 Å². The monoisotopic (exact) mass is 366 g/mol. The summed E-state index contributed by atoms with van der Waals surface area (Å²) in [4.78, 5) is 12.2. The Kier molecular flexibility index (Phi) is 5.03. The largest absolute Gasteiger partial charge is 0.484 e. The summed E-state index contributed by atoms with van der Waals surface area (Å²) in [5.74, 6) is 1.77. The number of fused-ring (bicyclic) bond motifs is 2. The fraction of sp³-hybridized carbons (Fsp3) is 0.588. The van der Waals surface area contributed by atoms with Gasteiger partial charge in [-0.05, 0) is 61.8 Å². The van der Waals surface area contributed by atoms with Gasteiger partial charge in [0.1, 0.15) is 5.75 Å². The first kappa shape index (κ1) is 15.8. The van der Waals surface area contributed by atoms with Crippen LogP contribution in [0.5, 0.6) is 5.75 Å². The Morgan fingerprint density at radius 1 is 1.23 bits per heavy atom. The van der Waals surface area contributed by atoms with Crippen LogP contribution >= 0.6 is 15.9 Å². The number of ether oxygens (including phenoxy) is 1. The molecule has 2 atom stereocenters. The maximum atomic E-state index is 12.2. The first-order valence-corrected chi connectivity index (χ1v) is 8.84. The van der Waals surface area contributed by atoms with Gasteiger partial charge in [0.2, 0.25) is 0 Å². The van der Waals surface area contributed by atoms with E-state index in [2.05, 4.69) is 21.2 Å². The van der Waals surface area contributed by atoms with E-state index < -0.39 is 0 Å². The van der Waals surface area contributed by atoms with E-state index in [1.807, 2.05) is 24.3 Å². The molecule has 4 nitrogen and oxygen atoms in total. The van der Waals surface area contributed by atoms with Gasteiger partial charge in [-0.3, -0.25) is 4.79 Å². The number of amides is 1. The number of nitrogens with two attached hydrogens (primary N) is 1. The molecule has 0 heterocycles. The van der Waals surface area contributed by atoms with Crippen LogP contribution in [-0.2, 0) is 4.79 Å². The van der Waals surface area contributed by atoms with E-state index in [4.69, 9.17) is 10.5 Å². The van der Waals surface area contributed by atoms with Crippen molar-refractivity contribution in [1.82, 2.24) is 5.32 Å². The van der Waals surface area contributed by atoms with E-state index in [1.165, 1.54) is 19.3 Å². The molecule has 0 radical (unpaired) electrons. The molecule has 120 valence electrons. The van der Waals surface area contributed by atoms with Crippen molar-refractivity contribution in [3.8, 4) is 5.75 Å². The van der Waals surface area contributed by atoms with Gasteiger partial charge in [-0.2, -0.15) is 0 Å². The maximum absolute atomic E-state index is 12.2. The number of hydrogen-bond donors (Lipinski definition) is 2. The number of hydrogen-bond acceptors (Lipinski definition) is 3. The molecule has 2 fully saturated rings. The lowest BCUT2D eigenvalue weighted by Crippen LogP contribution is -2.54. The van der Waals surface area contributed by atoms with Gasteiger partial charge in [-0.25, -0.2) is 0 Å². The molecule has 2 aliphatic rings. The summed E-state index contributed by atoms with van der Waals surface area (Å²) in [5.41, 5.74) is 6.12. The summed E-state index contributed by atoms with van der Waals surface area (Å²) in [7, 11) is 0. The molecule has 0 saturated heterocycles. The molecule has 2 bridgehead atoms. The van der Waals surface area contributed by atoms with Gasteiger partial charge in [-0.15, -0.1) is 0 Å². The highest BCUT2D eigenvalue weighted by Gasteiger charge is 2.39. The molecule has 2 saturated carbocycles. The van der Waals surface area contributed by atoms with Gasteiger partial charge in [-0.1, -0.05) is 22.4 Å². The first-order chi connectivity index (χ1) is 10.6. The summed E-state index contributed by atoms with van der Waals surface area (Å²) in [6.45, 7) is 0.0730. The molecule has 3 N–H and O–H groups in total. The van der Waals surface area contributed by atoms with Crippen LogP contribution in [0.1, 0.15) is 32.1 Å². The van der Waals surface area contributed by atoms with Crippen molar-refractivity contribution in [3.63, 3.8) is 0 Å². The van der Waals surface area contributed by atoms with Gasteiger partial charge < -0.3 is 15.8 Å². The SMILES string of the molecule is NC1CC2CCCC(C1)C2NC(=O)COc1ccc(Br)cc1. The third kappa shape index (κ3) is 3.82. The standard InChI is InChI=1S/C17H23BrN2O2/c18-13-4-6-15(7-5-13)22-10-16(21)20-17-11-2-1-3-12(17)9-14(19)8-11/h4-7,11-12,14,17H,1-3,8-10,19H2,(H,20,21). The minimum Gasteiger partial charge on any atom is -0.484 e. The van der Waals surface area contributed by atoms with Crippen molar-refractivity contribution in [2.75, 3.05) is 6.61 Å². The minimum absolute atomic E-state index is 0.0275. The normalized spacial score (nSPS) is 30.6. The molecule has 2 unspecified atom stereocenters. The number of carbonyl (C=O) groups excluding carboxylic acids is 1. The van der Waals surface area contributed by atoms with E-state index in [0.29, 0.717) is 23.6 Å². The molecule has 1 aromatic carbocycles. The van der Waals surface area contributed by atoms with Crippen LogP contribution in [-0.4, -0.2) is 24.6 Å². The third-order valence-corrected chi connectivity index (χ3v) is 5.42. The molecule has 1 amide bonds. The minimum atomic E-state index is -0.0275. The second kappa shape index (κ2) is 7.01. The Bertz CT molecular complexity index is 506. The zero-order valence-corrected chi connectivity index (χ0v) is 14.2. The number of halogens is 1. The van der Waals surface area contributed by atoms with Gasteiger partial charge in [0.25, 0.3) is 5.91 Å². The number of benzene rings is 1. The van der Waals surface area contributed by atoms with Crippen molar-refractivity contribution in [2.45, 2.75) is 44.2 Å². The Labute approximate surface area is 139 Å². The van der Waals surface area contributed by atoms with Crippen molar-refractivity contribution in [1.29, 1.82) is 0 Å². The summed E-state index contributed by atoms with van der Waals surface area (Å²) >= 11 is 3.38. The van der Waals surface area contributed by atoms with E-state index >= 15 is 0 Å². The van der Waals surface area contributed by atoms with Crippen LogP contribution < -0.4 is 15.8 Å². The van der Waals surface area contributed by atoms with Crippen molar-refractivity contribution in [2.24, 2.45) is 17.6 Å². The van der Waals surface area contributed by atoms with Gasteiger partial charge >= 0.3 is 0 Å². The summed E-state index contributed by atoms with van der Waals surface area (Å²) in [5, 5.41) is 3.19. The van der Waals surface area contributed by atoms with Crippen LogP contribution in [0.25, 0.3) is 0 Å². The zero-order valence-electron chi connectivity index (χ0n) is 12.6. The van der Waals surface area contributed by atoms with E-state index in [1.54, 1.807) is 0 Å². The molecule has 0 spiro atoms. The highest BCUT2D eigenvalue weighted by Crippen LogP contribution is 2.39. The van der Waals surface area contributed by atoms with Gasteiger partial charge in [0, 0.05) is 16.6 Å². The Balaban J connectivity index is 1.52. The summed E-state index contributed by atoms with van der Waals surface area (Å²) in [6.07, 6.45) is 5.71. The van der Waals surface area contributed by atoms with Crippen LogP contribution in [0, 0.1) is 11.8 Å². The van der Waals surface area contributed by atoms with Crippen molar-refractivity contribution < 1.29 is 9.53 Å². The molecular formula is C17H23BrN2O2. The molecule has 1 aromatic rings. The number of carbonyl (C=O) groups is 1. The van der Waals surface area contributed by atoms with E-state index in [0.717, 1.165) is 17.3 Å². The van der Waals surface area contributed by atoms with Gasteiger partial charge in [0.05, 0.1) is 0 Å². The third-order valence-electron chi connectivity index (χ3n) is 4.89. The fourth-order valence-electron chi connectivity index (χ4n) is 3.93. The van der Waals surface area contributed by atoms with Crippen LogP contribution in [0.3, 0.4) is 0 Å². The summed E-state index contributed by atoms with van der Waals surface area (Å²) < 4.78 is 6.55. The van der Waals surface area contributed by atoms with Crippen molar-refractivity contribution in [3.05, 3.63) is 28.7 Å². The second-order valence-electron chi connectivity index (χ2n) is 6.52. The fourth-order valence-corrected chi connectivity index (χ4v) is 4.20.